The van der Waals surface area contributed by atoms with Gasteiger partial charge < -0.3 is 29.4 Å². The Hall–Kier alpha value is -5.29. The van der Waals surface area contributed by atoms with Gasteiger partial charge in [-0.1, -0.05) is 6.07 Å². The van der Waals surface area contributed by atoms with Crippen LogP contribution in [0.4, 0.5) is 10.1 Å². The Morgan fingerprint density at radius 1 is 0.953 bits per heavy atom. The highest BCUT2D eigenvalue weighted by molar-refractivity contribution is 6.08. The number of amides is 1. The quantitative estimate of drug-likeness (QED) is 0.204. The molecular weight excluding hydrogens is 555 g/mol. The van der Waals surface area contributed by atoms with Crippen LogP contribution in [-0.2, 0) is 11.3 Å². The summed E-state index contributed by atoms with van der Waals surface area (Å²) >= 11 is 0. The molecule has 0 fully saturated rings. The van der Waals surface area contributed by atoms with Crippen molar-refractivity contribution < 1.29 is 33.2 Å². The Morgan fingerprint density at radius 2 is 1.72 bits per heavy atom. The smallest absolute Gasteiger partial charge is 0.261 e. The fourth-order valence-electron chi connectivity index (χ4n) is 4.77. The molecule has 0 spiro atoms. The normalized spacial score (nSPS) is 10.9. The number of nitrogens with one attached hydrogen (secondary N) is 1. The Bertz CT molecular complexity index is 1830. The molecule has 220 valence electrons. The van der Waals surface area contributed by atoms with Crippen molar-refractivity contribution >= 4 is 22.6 Å². The van der Waals surface area contributed by atoms with Crippen LogP contribution in [0.25, 0.3) is 22.2 Å². The van der Waals surface area contributed by atoms with E-state index < -0.39 is 11.7 Å². The molecule has 3 aromatic heterocycles. The lowest BCUT2D eigenvalue weighted by atomic mass is 9.95. The van der Waals surface area contributed by atoms with Gasteiger partial charge in [0.15, 0.2) is 11.5 Å². The van der Waals surface area contributed by atoms with Gasteiger partial charge >= 0.3 is 0 Å². The third-order valence-corrected chi connectivity index (χ3v) is 6.75. The average Bonchev–Trinajstić information content (AvgIpc) is 2.98. The number of benzene rings is 2. The molecule has 43 heavy (non-hydrogen) atoms. The number of nitrogens with zero attached hydrogens (tertiary/aromatic N) is 3. The minimum absolute atomic E-state index is 0.00278. The molecule has 11 heteroatoms. The first-order valence-electron chi connectivity index (χ1n) is 13.2. The molecule has 0 aliphatic rings. The predicted octanol–water partition coefficient (Wildman–Crippen LogP) is 6.36. The molecular formula is C32H29FN4O6. The Morgan fingerprint density at radius 3 is 2.40 bits per heavy atom. The van der Waals surface area contributed by atoms with E-state index >= 15 is 0 Å². The summed E-state index contributed by atoms with van der Waals surface area (Å²) in [6.45, 7) is 3.44. The zero-order chi connectivity index (χ0) is 30.7. The average molecular weight is 585 g/mol. The Kier molecular flexibility index (Phi) is 8.35. The van der Waals surface area contributed by atoms with Gasteiger partial charge in [0.25, 0.3) is 11.8 Å². The van der Waals surface area contributed by atoms with Gasteiger partial charge in [-0.15, -0.1) is 0 Å². The van der Waals surface area contributed by atoms with Gasteiger partial charge in [0.05, 0.1) is 32.0 Å². The molecule has 3 heterocycles. The number of aromatic hydroxyl groups is 1. The molecule has 2 N–H and O–H groups in total. The summed E-state index contributed by atoms with van der Waals surface area (Å²) in [4.78, 5) is 26.9. The van der Waals surface area contributed by atoms with Crippen molar-refractivity contribution in [3.05, 3.63) is 89.1 Å². The van der Waals surface area contributed by atoms with Gasteiger partial charge in [0.2, 0.25) is 0 Å². The molecule has 0 saturated heterocycles. The standard InChI is InChI=1S/C32H29FN4O6/c1-17-14-19(33)6-11-22(17)27-18(2)35-24(16-40-3)28(30(27)38)31(39)36-20-7-9-21(10-8-20)43-25-12-13-34-23-15-26(41-4)32(42-5)37-29(23)25/h6-15H,16H2,1-5H3,(H,35,38)(H,36,39). The van der Waals surface area contributed by atoms with Crippen LogP contribution in [0.5, 0.6) is 28.9 Å². The fourth-order valence-corrected chi connectivity index (χ4v) is 4.77. The SMILES string of the molecule is COCc1nc(C)c(-c2ccc(F)cc2C)c(O)c1C(=O)Nc1ccc(Oc2ccnc3cc(OC)c(OC)nc23)cc1. The van der Waals surface area contributed by atoms with Gasteiger partial charge in [-0.2, -0.15) is 0 Å². The number of aromatic nitrogens is 3. The second kappa shape index (κ2) is 12.3. The minimum atomic E-state index is -0.586. The minimum Gasteiger partial charge on any atom is -0.506 e. The maximum absolute atomic E-state index is 13.8. The highest BCUT2D eigenvalue weighted by Crippen LogP contribution is 2.39. The summed E-state index contributed by atoms with van der Waals surface area (Å²) in [5, 5.41) is 14.1. The number of hydrogen-bond acceptors (Lipinski definition) is 9. The van der Waals surface area contributed by atoms with E-state index in [1.165, 1.54) is 33.5 Å². The molecule has 1 amide bonds. The van der Waals surface area contributed by atoms with E-state index in [-0.39, 0.29) is 23.6 Å². The maximum Gasteiger partial charge on any atom is 0.261 e. The zero-order valence-corrected chi connectivity index (χ0v) is 24.2. The van der Waals surface area contributed by atoms with E-state index in [0.29, 0.717) is 62.2 Å². The van der Waals surface area contributed by atoms with E-state index in [0.717, 1.165) is 0 Å². The number of aryl methyl sites for hydroxylation is 2. The van der Waals surface area contributed by atoms with Crippen LogP contribution in [0.3, 0.4) is 0 Å². The van der Waals surface area contributed by atoms with Crippen LogP contribution in [-0.4, -0.2) is 47.3 Å². The number of carbonyl (C=O) groups is 1. The summed E-state index contributed by atoms with van der Waals surface area (Å²) in [5.74, 6) is 0.421. The molecule has 0 aliphatic carbocycles. The molecule has 10 nitrogen and oxygen atoms in total. The van der Waals surface area contributed by atoms with Gasteiger partial charge in [-0.25, -0.2) is 9.37 Å². The maximum atomic E-state index is 13.8. The number of carbonyl (C=O) groups excluding carboxylic acids is 1. The molecule has 0 bridgehead atoms. The first-order valence-corrected chi connectivity index (χ1v) is 13.2. The van der Waals surface area contributed by atoms with Crippen LogP contribution >= 0.6 is 0 Å². The lowest BCUT2D eigenvalue weighted by Gasteiger charge is -2.18. The lowest BCUT2D eigenvalue weighted by Crippen LogP contribution is -2.17. The number of hydrogen-bond donors (Lipinski definition) is 2. The van der Waals surface area contributed by atoms with Crippen LogP contribution in [0.15, 0.2) is 60.8 Å². The second-order valence-electron chi connectivity index (χ2n) is 9.59. The highest BCUT2D eigenvalue weighted by Gasteiger charge is 2.25. The van der Waals surface area contributed by atoms with E-state index in [1.54, 1.807) is 62.5 Å². The number of methoxy groups -OCH3 is 3. The van der Waals surface area contributed by atoms with Gasteiger partial charge in [-0.3, -0.25) is 14.8 Å². The van der Waals surface area contributed by atoms with Crippen LogP contribution in [0, 0.1) is 19.7 Å². The summed E-state index contributed by atoms with van der Waals surface area (Å²) in [6.07, 6.45) is 1.60. The van der Waals surface area contributed by atoms with Crippen LogP contribution < -0.4 is 19.5 Å². The lowest BCUT2D eigenvalue weighted by molar-refractivity contribution is 0.101. The number of halogens is 1. The summed E-state index contributed by atoms with van der Waals surface area (Å²) in [5.41, 5.74) is 3.71. The van der Waals surface area contributed by atoms with E-state index in [1.807, 2.05) is 0 Å². The first-order chi connectivity index (χ1) is 20.7. The van der Waals surface area contributed by atoms with Crippen molar-refractivity contribution in [3.63, 3.8) is 0 Å². The number of ether oxygens (including phenoxy) is 4. The number of pyridine rings is 3. The Balaban J connectivity index is 1.42. The number of anilines is 1. The van der Waals surface area contributed by atoms with Crippen molar-refractivity contribution in [2.24, 2.45) is 0 Å². The van der Waals surface area contributed by atoms with Gasteiger partial charge in [0, 0.05) is 42.4 Å². The summed E-state index contributed by atoms with van der Waals surface area (Å²) in [7, 11) is 4.49. The van der Waals surface area contributed by atoms with Crippen molar-refractivity contribution in [1.82, 2.24) is 15.0 Å². The summed E-state index contributed by atoms with van der Waals surface area (Å²) in [6, 6.07) is 14.3. The van der Waals surface area contributed by atoms with Crippen molar-refractivity contribution in [1.29, 1.82) is 0 Å². The molecule has 0 aliphatic heterocycles. The molecule has 0 unspecified atom stereocenters. The van der Waals surface area contributed by atoms with Gasteiger partial charge in [0.1, 0.15) is 28.4 Å². The number of fused-ring (bicyclic) bond motifs is 1. The zero-order valence-electron chi connectivity index (χ0n) is 24.2. The first kappa shape index (κ1) is 29.2. The predicted molar refractivity (Wildman–Crippen MR) is 159 cm³/mol. The molecule has 0 radical (unpaired) electrons. The summed E-state index contributed by atoms with van der Waals surface area (Å²) < 4.78 is 35.7. The van der Waals surface area contributed by atoms with Crippen molar-refractivity contribution in [2.75, 3.05) is 26.6 Å². The monoisotopic (exact) mass is 584 g/mol. The number of rotatable bonds is 9. The van der Waals surface area contributed by atoms with Crippen molar-refractivity contribution in [2.45, 2.75) is 20.5 Å². The molecule has 0 atom stereocenters. The molecule has 2 aromatic carbocycles. The third kappa shape index (κ3) is 5.88. The second-order valence-corrected chi connectivity index (χ2v) is 9.59. The topological polar surface area (TPSA) is 125 Å². The Labute approximate surface area is 247 Å². The molecule has 5 aromatic rings. The molecule has 5 rings (SSSR count). The largest absolute Gasteiger partial charge is 0.506 e. The van der Waals surface area contributed by atoms with Gasteiger partial charge in [-0.05, 0) is 61.4 Å². The van der Waals surface area contributed by atoms with Crippen LogP contribution in [0.1, 0.15) is 27.3 Å². The van der Waals surface area contributed by atoms with Crippen molar-refractivity contribution in [3.8, 4) is 40.0 Å². The molecule has 0 saturated carbocycles. The highest BCUT2D eigenvalue weighted by atomic mass is 19.1. The van der Waals surface area contributed by atoms with E-state index in [2.05, 4.69) is 20.3 Å². The van der Waals surface area contributed by atoms with E-state index in [4.69, 9.17) is 18.9 Å². The third-order valence-electron chi connectivity index (χ3n) is 6.75. The van der Waals surface area contributed by atoms with Crippen LogP contribution in [0.2, 0.25) is 0 Å². The fraction of sp³-hybridized carbons (Fsp3) is 0.188. The van der Waals surface area contributed by atoms with E-state index in [9.17, 15) is 14.3 Å².